The second kappa shape index (κ2) is 9.57. The van der Waals surface area contributed by atoms with Crippen molar-refractivity contribution in [1.82, 2.24) is 15.5 Å². The number of aryl methyl sites for hydroxylation is 1. The van der Waals surface area contributed by atoms with E-state index in [0.717, 1.165) is 37.1 Å². The topological polar surface area (TPSA) is 71.3 Å². The average Bonchev–Trinajstić information content (AvgIpc) is 3.09. The Morgan fingerprint density at radius 2 is 1.80 bits per heavy atom. The fourth-order valence-corrected chi connectivity index (χ4v) is 3.83. The van der Waals surface area contributed by atoms with Gasteiger partial charge in [-0.25, -0.2) is 0 Å². The number of hydrogen-bond donors (Lipinski definition) is 1. The van der Waals surface area contributed by atoms with Crippen LogP contribution >= 0.6 is 0 Å². The minimum absolute atomic E-state index is 0.144. The van der Waals surface area contributed by atoms with Crippen LogP contribution in [0.15, 0.2) is 59.0 Å². The molecule has 6 heteroatoms. The Morgan fingerprint density at radius 1 is 1.03 bits per heavy atom. The lowest BCUT2D eigenvalue weighted by Crippen LogP contribution is -2.30. The van der Waals surface area contributed by atoms with Gasteiger partial charge in [0.2, 0.25) is 5.89 Å². The summed E-state index contributed by atoms with van der Waals surface area (Å²) in [6.07, 6.45) is 5.33. The number of nitrogens with one attached hydrogen (secondary N) is 1. The first-order chi connectivity index (χ1) is 14.7. The zero-order valence-corrected chi connectivity index (χ0v) is 17.4. The van der Waals surface area contributed by atoms with E-state index in [9.17, 15) is 4.79 Å². The summed E-state index contributed by atoms with van der Waals surface area (Å²) in [5.41, 5.74) is 2.77. The van der Waals surface area contributed by atoms with E-state index in [4.69, 9.17) is 4.42 Å². The van der Waals surface area contributed by atoms with Crippen LogP contribution < -0.4 is 10.2 Å². The molecule has 1 aliphatic heterocycles. The summed E-state index contributed by atoms with van der Waals surface area (Å²) in [7, 11) is 0. The van der Waals surface area contributed by atoms with Gasteiger partial charge in [-0.2, -0.15) is 0 Å². The molecule has 1 fully saturated rings. The molecule has 6 nitrogen and oxygen atoms in total. The van der Waals surface area contributed by atoms with Crippen LogP contribution in [0, 0.1) is 6.92 Å². The quantitative estimate of drug-likeness (QED) is 0.656. The van der Waals surface area contributed by atoms with E-state index >= 15 is 0 Å². The minimum atomic E-state index is -0.395. The first-order valence-electron chi connectivity index (χ1n) is 10.7. The van der Waals surface area contributed by atoms with Crippen molar-refractivity contribution >= 4 is 11.9 Å². The summed E-state index contributed by atoms with van der Waals surface area (Å²) in [5, 5.41) is 11.7. The number of anilines is 1. The number of carbonyl (C=O) groups excluding carboxylic acids is 1. The van der Waals surface area contributed by atoms with Crippen molar-refractivity contribution in [1.29, 1.82) is 0 Å². The van der Waals surface area contributed by atoms with Gasteiger partial charge in [-0.1, -0.05) is 66.0 Å². The van der Waals surface area contributed by atoms with Crippen LogP contribution in [-0.4, -0.2) is 29.2 Å². The number of rotatable bonds is 6. The number of aromatic nitrogens is 2. The van der Waals surface area contributed by atoms with E-state index in [-0.39, 0.29) is 5.91 Å². The molecule has 0 bridgehead atoms. The van der Waals surface area contributed by atoms with Crippen LogP contribution in [0.25, 0.3) is 0 Å². The molecule has 1 amide bonds. The molecule has 3 aromatic rings. The number of amides is 1. The molecule has 1 saturated heterocycles. The predicted octanol–water partition coefficient (Wildman–Crippen LogP) is 4.47. The second-order valence-electron chi connectivity index (χ2n) is 7.91. The van der Waals surface area contributed by atoms with Gasteiger partial charge in [-0.05, 0) is 37.5 Å². The van der Waals surface area contributed by atoms with E-state index in [1.54, 1.807) is 0 Å². The van der Waals surface area contributed by atoms with E-state index in [0.29, 0.717) is 23.9 Å². The molecule has 1 N–H and O–H groups in total. The van der Waals surface area contributed by atoms with Crippen molar-refractivity contribution in [2.45, 2.75) is 45.1 Å². The smallest absolute Gasteiger partial charge is 0.318 e. The van der Waals surface area contributed by atoms with Crippen LogP contribution in [-0.2, 0) is 6.42 Å². The molecule has 1 aliphatic rings. The molecule has 1 atom stereocenters. The highest BCUT2D eigenvalue weighted by atomic mass is 16.4. The van der Waals surface area contributed by atoms with E-state index in [1.165, 1.54) is 12.8 Å². The SMILES string of the molecule is Cc1cccc(C(=O)NC(Cc2ccccc2)c2nnc(N3CCCCCC3)o2)c1. The molecule has 2 aromatic carbocycles. The fraction of sp³-hybridized carbons (Fsp3) is 0.375. The summed E-state index contributed by atoms with van der Waals surface area (Å²) < 4.78 is 6.06. The summed E-state index contributed by atoms with van der Waals surface area (Å²) >= 11 is 0. The van der Waals surface area contributed by atoms with Gasteiger partial charge < -0.3 is 14.6 Å². The first kappa shape index (κ1) is 20.1. The Bertz CT molecular complexity index is 962. The zero-order chi connectivity index (χ0) is 20.8. The third-order valence-electron chi connectivity index (χ3n) is 5.47. The fourth-order valence-electron chi connectivity index (χ4n) is 3.83. The van der Waals surface area contributed by atoms with Gasteiger partial charge in [-0.15, -0.1) is 5.10 Å². The Balaban J connectivity index is 1.56. The Kier molecular flexibility index (Phi) is 6.42. The largest absolute Gasteiger partial charge is 0.406 e. The maximum atomic E-state index is 12.9. The van der Waals surface area contributed by atoms with Crippen LogP contribution in [0.2, 0.25) is 0 Å². The van der Waals surface area contributed by atoms with Gasteiger partial charge in [0.25, 0.3) is 5.91 Å². The lowest BCUT2D eigenvalue weighted by atomic mass is 10.0. The molecule has 1 aromatic heterocycles. The van der Waals surface area contributed by atoms with Crippen LogP contribution in [0.4, 0.5) is 6.01 Å². The summed E-state index contributed by atoms with van der Waals surface area (Å²) in [6.45, 7) is 3.84. The predicted molar refractivity (Wildman–Crippen MR) is 117 cm³/mol. The molecule has 0 radical (unpaired) electrons. The van der Waals surface area contributed by atoms with Crippen molar-refractivity contribution in [2.24, 2.45) is 0 Å². The maximum Gasteiger partial charge on any atom is 0.318 e. The van der Waals surface area contributed by atoms with Gasteiger partial charge >= 0.3 is 6.01 Å². The zero-order valence-electron chi connectivity index (χ0n) is 17.4. The van der Waals surface area contributed by atoms with Gasteiger partial charge in [0.15, 0.2) is 0 Å². The van der Waals surface area contributed by atoms with Crippen molar-refractivity contribution in [2.75, 3.05) is 18.0 Å². The Labute approximate surface area is 177 Å². The monoisotopic (exact) mass is 404 g/mol. The number of nitrogens with zero attached hydrogens (tertiary/aromatic N) is 3. The van der Waals surface area contributed by atoms with Gasteiger partial charge in [0.1, 0.15) is 6.04 Å². The highest BCUT2D eigenvalue weighted by Crippen LogP contribution is 2.23. The van der Waals surface area contributed by atoms with Crippen molar-refractivity contribution in [3.8, 4) is 0 Å². The van der Waals surface area contributed by atoms with E-state index in [2.05, 4.69) is 20.4 Å². The lowest BCUT2D eigenvalue weighted by Gasteiger charge is -2.18. The molecule has 156 valence electrons. The van der Waals surface area contributed by atoms with Crippen LogP contribution in [0.3, 0.4) is 0 Å². The molecule has 4 rings (SSSR count). The Morgan fingerprint density at radius 3 is 2.53 bits per heavy atom. The standard InChI is InChI=1S/C24H28N4O2/c1-18-10-9-13-20(16-18)22(29)25-21(17-19-11-5-4-6-12-19)23-26-27-24(30-23)28-14-7-2-3-8-15-28/h4-6,9-13,16,21H,2-3,7-8,14-15,17H2,1H3,(H,25,29). The molecule has 0 aliphatic carbocycles. The third kappa shape index (κ3) is 5.06. The van der Waals surface area contributed by atoms with Crippen LogP contribution in [0.5, 0.6) is 0 Å². The summed E-state index contributed by atoms with van der Waals surface area (Å²) in [5.74, 6) is 0.299. The minimum Gasteiger partial charge on any atom is -0.406 e. The number of carbonyl (C=O) groups is 1. The van der Waals surface area contributed by atoms with Gasteiger partial charge in [-0.3, -0.25) is 4.79 Å². The molecule has 0 spiro atoms. The third-order valence-corrected chi connectivity index (χ3v) is 5.47. The Hall–Kier alpha value is -3.15. The lowest BCUT2D eigenvalue weighted by molar-refractivity contribution is 0.0930. The molecule has 0 saturated carbocycles. The molecular weight excluding hydrogens is 376 g/mol. The highest BCUT2D eigenvalue weighted by molar-refractivity contribution is 5.94. The first-order valence-corrected chi connectivity index (χ1v) is 10.7. The summed E-state index contributed by atoms with van der Waals surface area (Å²) in [6, 6.07) is 17.8. The molecule has 1 unspecified atom stereocenters. The normalized spacial score (nSPS) is 15.4. The summed E-state index contributed by atoms with van der Waals surface area (Å²) in [4.78, 5) is 15.1. The molecule has 2 heterocycles. The van der Waals surface area contributed by atoms with Crippen molar-refractivity contribution in [3.05, 3.63) is 77.2 Å². The number of benzene rings is 2. The maximum absolute atomic E-state index is 12.9. The highest BCUT2D eigenvalue weighted by Gasteiger charge is 2.24. The number of hydrogen-bond acceptors (Lipinski definition) is 5. The van der Waals surface area contributed by atoms with Crippen LogP contribution in [0.1, 0.15) is 59.1 Å². The van der Waals surface area contributed by atoms with Crippen molar-refractivity contribution in [3.63, 3.8) is 0 Å². The molecule has 30 heavy (non-hydrogen) atoms. The van der Waals surface area contributed by atoms with Crippen molar-refractivity contribution < 1.29 is 9.21 Å². The molecular formula is C24H28N4O2. The van der Waals surface area contributed by atoms with E-state index < -0.39 is 6.04 Å². The van der Waals surface area contributed by atoms with E-state index in [1.807, 2.05) is 61.5 Å². The second-order valence-corrected chi connectivity index (χ2v) is 7.91. The van der Waals surface area contributed by atoms with Gasteiger partial charge in [0, 0.05) is 25.1 Å². The van der Waals surface area contributed by atoms with Gasteiger partial charge in [0.05, 0.1) is 0 Å². The average molecular weight is 405 g/mol.